The lowest BCUT2D eigenvalue weighted by Crippen LogP contribution is -2.60. The molecule has 2 heterocycles. The van der Waals surface area contributed by atoms with E-state index in [4.69, 9.17) is 28.9 Å². The fraction of sp³-hybridized carbons (Fsp3) is 0.632. The fourth-order valence-electron chi connectivity index (χ4n) is 6.51. The van der Waals surface area contributed by atoms with E-state index in [1.165, 1.54) is 39.0 Å². The molecule has 0 unspecified atom stereocenters. The number of nitrogens with one attached hydrogen (secondary N) is 3. The number of rotatable bonds is 13. The van der Waals surface area contributed by atoms with Gasteiger partial charge >= 0.3 is 6.09 Å². The minimum Gasteiger partial charge on any atom is -0.493 e. The van der Waals surface area contributed by atoms with Crippen molar-refractivity contribution in [2.45, 2.75) is 122 Å². The molecule has 5 rings (SSSR count). The SMILES string of the molecule is C=C[C@@H]1C[C@]1(NC(=O)[C@@H]1C[C@@H](Oc2nc(C3CC3)nc3cc(OC)c(OC)cc23)CN1C(=O)[C@@H](NC(=O)OC(C)(C)C)C(C)(C)C)C(=O)NS(=O)(=O)C(C)C. The van der Waals surface area contributed by atoms with Crippen molar-refractivity contribution in [2.24, 2.45) is 11.3 Å². The molecule has 0 bridgehead atoms. The lowest BCUT2D eigenvalue weighted by atomic mass is 9.85. The number of carbonyl (C=O) groups is 4. The second kappa shape index (κ2) is 15.1. The Morgan fingerprint density at radius 3 is 2.18 bits per heavy atom. The summed E-state index contributed by atoms with van der Waals surface area (Å²) in [5.41, 5.74) is -2.74. The summed E-state index contributed by atoms with van der Waals surface area (Å²) in [4.78, 5) is 66.4. The third-order valence-electron chi connectivity index (χ3n) is 9.93. The molecule has 302 valence electrons. The maximum atomic E-state index is 14.6. The van der Waals surface area contributed by atoms with Gasteiger partial charge in [0, 0.05) is 24.3 Å². The maximum Gasteiger partial charge on any atom is 0.408 e. The number of hydrogen-bond acceptors (Lipinski definition) is 12. The van der Waals surface area contributed by atoms with E-state index < -0.39 is 79.7 Å². The van der Waals surface area contributed by atoms with Crippen LogP contribution in [0.4, 0.5) is 4.79 Å². The highest BCUT2D eigenvalue weighted by atomic mass is 32.2. The average molecular weight is 787 g/mol. The molecule has 1 aromatic carbocycles. The number of amides is 4. The average Bonchev–Trinajstić information content (AvgIpc) is 4.01. The Hall–Kier alpha value is -4.67. The van der Waals surface area contributed by atoms with Crippen molar-refractivity contribution in [1.82, 2.24) is 30.2 Å². The van der Waals surface area contributed by atoms with Crippen LogP contribution < -0.4 is 29.6 Å². The standard InChI is InChI=1S/C38H54N6O10S/c1-12-22-18-38(22,34(47)43-55(49,50)20(2)3)42-31(45)26-15-23(19-44(26)33(46)29(36(4,5)6)40-35(48)54-37(7,8)9)53-32-24-16-27(51-10)28(52-11)17-25(24)39-30(41-32)21-13-14-21/h12,16-17,20-23,26,29H,1,13-15,18-19H2,2-11H3,(H,40,48)(H,42,45)(H,43,47)/t22-,23-,26+,29-,38-/m1/s1. The topological polar surface area (TPSA) is 204 Å². The number of carbonyl (C=O) groups excluding carboxylic acids is 4. The molecule has 5 atom stereocenters. The Kier molecular flexibility index (Phi) is 11.4. The van der Waals surface area contributed by atoms with E-state index in [0.717, 1.165) is 12.8 Å². The van der Waals surface area contributed by atoms with Crippen LogP contribution in [0.25, 0.3) is 10.9 Å². The quantitative estimate of drug-likeness (QED) is 0.249. The van der Waals surface area contributed by atoms with Crippen LogP contribution in [0.1, 0.15) is 92.8 Å². The number of nitrogens with zero attached hydrogens (tertiary/aromatic N) is 3. The molecule has 55 heavy (non-hydrogen) atoms. The normalized spacial score (nSPS) is 23.1. The predicted octanol–water partition coefficient (Wildman–Crippen LogP) is 3.73. The minimum atomic E-state index is -4.03. The van der Waals surface area contributed by atoms with Gasteiger partial charge in [-0.15, -0.1) is 6.58 Å². The summed E-state index contributed by atoms with van der Waals surface area (Å²) < 4.78 is 50.6. The Balaban J connectivity index is 1.52. The highest BCUT2D eigenvalue weighted by Crippen LogP contribution is 2.46. The molecule has 4 amide bonds. The van der Waals surface area contributed by atoms with Crippen LogP contribution in [0.15, 0.2) is 24.8 Å². The summed E-state index contributed by atoms with van der Waals surface area (Å²) in [6.07, 6.45) is 1.79. The van der Waals surface area contributed by atoms with Crippen molar-refractivity contribution in [3.05, 3.63) is 30.6 Å². The van der Waals surface area contributed by atoms with Crippen LogP contribution in [0, 0.1) is 11.3 Å². The van der Waals surface area contributed by atoms with Crippen LogP contribution in [-0.4, -0.2) is 102 Å². The molecule has 3 N–H and O–H groups in total. The Morgan fingerprint density at radius 2 is 1.65 bits per heavy atom. The highest BCUT2D eigenvalue weighted by molar-refractivity contribution is 7.90. The van der Waals surface area contributed by atoms with Gasteiger partial charge < -0.3 is 34.5 Å². The molecule has 0 spiro atoms. The summed E-state index contributed by atoms with van der Waals surface area (Å²) in [6.45, 7) is 17.0. The van der Waals surface area contributed by atoms with Gasteiger partial charge in [0.25, 0.3) is 5.91 Å². The van der Waals surface area contributed by atoms with Gasteiger partial charge in [0.1, 0.15) is 35.2 Å². The second-order valence-corrected chi connectivity index (χ2v) is 19.1. The van der Waals surface area contributed by atoms with Gasteiger partial charge in [0.05, 0.1) is 36.9 Å². The van der Waals surface area contributed by atoms with Gasteiger partial charge in [0.15, 0.2) is 11.5 Å². The summed E-state index contributed by atoms with van der Waals surface area (Å²) in [5, 5.41) is 5.10. The van der Waals surface area contributed by atoms with E-state index in [1.54, 1.807) is 53.7 Å². The smallest absolute Gasteiger partial charge is 0.408 e. The third kappa shape index (κ3) is 9.08. The number of sulfonamides is 1. The van der Waals surface area contributed by atoms with E-state index >= 15 is 0 Å². The first kappa shape index (κ1) is 41.5. The lowest BCUT2D eigenvalue weighted by Gasteiger charge is -2.36. The van der Waals surface area contributed by atoms with Gasteiger partial charge in [-0.05, 0) is 65.4 Å². The van der Waals surface area contributed by atoms with E-state index in [9.17, 15) is 27.6 Å². The maximum absolute atomic E-state index is 14.6. The molecule has 16 nitrogen and oxygen atoms in total. The molecule has 3 aliphatic rings. The number of alkyl carbamates (subject to hydrolysis) is 1. The highest BCUT2D eigenvalue weighted by Gasteiger charge is 2.61. The molecule has 2 aliphatic carbocycles. The van der Waals surface area contributed by atoms with Crippen molar-refractivity contribution in [1.29, 1.82) is 0 Å². The molecule has 1 aliphatic heterocycles. The number of likely N-dealkylation sites (tertiary alicyclic amines) is 1. The Bertz CT molecular complexity index is 1970. The molecule has 2 saturated carbocycles. The van der Waals surface area contributed by atoms with Crippen molar-refractivity contribution >= 4 is 44.7 Å². The summed E-state index contributed by atoms with van der Waals surface area (Å²) >= 11 is 0. The predicted molar refractivity (Wildman–Crippen MR) is 203 cm³/mol. The molecule has 0 radical (unpaired) electrons. The Labute approximate surface area is 322 Å². The lowest BCUT2D eigenvalue weighted by molar-refractivity contribution is -0.143. The molecule has 17 heteroatoms. The van der Waals surface area contributed by atoms with Gasteiger partial charge in [-0.2, -0.15) is 4.98 Å². The Morgan fingerprint density at radius 1 is 1.02 bits per heavy atom. The van der Waals surface area contributed by atoms with Gasteiger partial charge in [-0.3, -0.25) is 19.1 Å². The zero-order chi connectivity index (χ0) is 40.8. The van der Waals surface area contributed by atoms with E-state index in [0.29, 0.717) is 28.2 Å². The van der Waals surface area contributed by atoms with Crippen LogP contribution in [0.5, 0.6) is 17.4 Å². The second-order valence-electron chi connectivity index (χ2n) is 16.8. The molecular formula is C38H54N6O10S. The first-order valence-corrected chi connectivity index (χ1v) is 20.0. The van der Waals surface area contributed by atoms with Crippen LogP contribution >= 0.6 is 0 Å². The molecule has 2 aromatic rings. The largest absolute Gasteiger partial charge is 0.493 e. The molecule has 1 aromatic heterocycles. The number of aromatic nitrogens is 2. The van der Waals surface area contributed by atoms with Gasteiger partial charge in [-0.1, -0.05) is 26.8 Å². The number of fused-ring (bicyclic) bond motifs is 1. The summed E-state index contributed by atoms with van der Waals surface area (Å²) in [6, 6.07) is 1.09. The fourth-order valence-corrected chi connectivity index (χ4v) is 7.18. The summed E-state index contributed by atoms with van der Waals surface area (Å²) in [7, 11) is -0.999. The zero-order valence-corrected chi connectivity index (χ0v) is 34.1. The number of methoxy groups -OCH3 is 2. The number of hydrogen-bond donors (Lipinski definition) is 3. The molecule has 1 saturated heterocycles. The first-order chi connectivity index (χ1) is 25.5. The molecular weight excluding hydrogens is 733 g/mol. The van der Waals surface area contributed by atoms with Crippen LogP contribution in [0.2, 0.25) is 0 Å². The first-order valence-electron chi connectivity index (χ1n) is 18.4. The number of ether oxygens (including phenoxy) is 4. The summed E-state index contributed by atoms with van der Waals surface area (Å²) in [5.74, 6) is -0.869. The van der Waals surface area contributed by atoms with Crippen LogP contribution in [0.3, 0.4) is 0 Å². The van der Waals surface area contributed by atoms with E-state index in [-0.39, 0.29) is 31.2 Å². The number of benzene rings is 1. The van der Waals surface area contributed by atoms with Gasteiger partial charge in [-0.25, -0.2) is 18.2 Å². The van der Waals surface area contributed by atoms with E-state index in [2.05, 4.69) is 21.9 Å². The van der Waals surface area contributed by atoms with Crippen LogP contribution in [-0.2, 0) is 29.1 Å². The van der Waals surface area contributed by atoms with Crippen molar-refractivity contribution in [2.75, 3.05) is 20.8 Å². The monoisotopic (exact) mass is 786 g/mol. The third-order valence-corrected chi connectivity index (χ3v) is 11.6. The molecule has 3 fully saturated rings. The van der Waals surface area contributed by atoms with E-state index in [1.807, 2.05) is 0 Å². The van der Waals surface area contributed by atoms with Crippen molar-refractivity contribution in [3.8, 4) is 17.4 Å². The van der Waals surface area contributed by atoms with Crippen molar-refractivity contribution in [3.63, 3.8) is 0 Å². The zero-order valence-electron chi connectivity index (χ0n) is 33.3. The van der Waals surface area contributed by atoms with Crippen molar-refractivity contribution < 1.29 is 46.5 Å². The van der Waals surface area contributed by atoms with Gasteiger partial charge in [0.2, 0.25) is 27.7 Å². The minimum absolute atomic E-state index is 0.0286.